The van der Waals surface area contributed by atoms with Crippen molar-refractivity contribution in [3.8, 4) is 0 Å². The summed E-state index contributed by atoms with van der Waals surface area (Å²) in [6.45, 7) is 12.3. The first-order chi connectivity index (χ1) is 17.8. The molecule has 1 saturated heterocycles. The smallest absolute Gasteiger partial charge is 0.414 e. The van der Waals surface area contributed by atoms with Crippen LogP contribution in [0.4, 0.5) is 10.5 Å². The fraction of sp³-hybridized carbons (Fsp3) is 0.613. The number of aliphatic hydroxyl groups is 1. The Hall–Kier alpha value is -2.48. The van der Waals surface area contributed by atoms with Gasteiger partial charge in [-0.15, -0.1) is 0 Å². The summed E-state index contributed by atoms with van der Waals surface area (Å²) in [4.78, 5) is 29.6. The van der Waals surface area contributed by atoms with Crippen molar-refractivity contribution in [3.63, 3.8) is 0 Å². The quantitative estimate of drug-likeness (QED) is 0.558. The van der Waals surface area contributed by atoms with E-state index in [1.165, 1.54) is 4.90 Å². The molecule has 1 aromatic rings. The van der Waals surface area contributed by atoms with E-state index in [1.807, 2.05) is 63.3 Å². The van der Waals surface area contributed by atoms with Gasteiger partial charge in [0.05, 0.1) is 12.0 Å². The summed E-state index contributed by atoms with van der Waals surface area (Å²) >= 11 is 0. The highest BCUT2D eigenvalue weighted by atomic mass is 16.7. The molecule has 4 aliphatic carbocycles. The lowest BCUT2D eigenvalue weighted by atomic mass is 9.59. The van der Waals surface area contributed by atoms with Crippen molar-refractivity contribution in [2.24, 2.45) is 34.5 Å². The molecular formula is C31H39NO6. The molecule has 0 aromatic heterocycles. The maximum absolute atomic E-state index is 14.7. The number of hydrogen-bond donors (Lipinski definition) is 1. The predicted molar refractivity (Wildman–Crippen MR) is 142 cm³/mol. The third kappa shape index (κ3) is 3.24. The van der Waals surface area contributed by atoms with E-state index in [0.29, 0.717) is 17.2 Å². The zero-order valence-electron chi connectivity index (χ0n) is 23.4. The van der Waals surface area contributed by atoms with Crippen LogP contribution in [-0.2, 0) is 19.0 Å². The molecule has 1 aromatic carbocycles. The van der Waals surface area contributed by atoms with Crippen LogP contribution in [0.5, 0.6) is 0 Å². The molecule has 2 bridgehead atoms. The van der Waals surface area contributed by atoms with Crippen LogP contribution in [0.1, 0.15) is 48.0 Å². The van der Waals surface area contributed by atoms with Gasteiger partial charge in [0.15, 0.2) is 23.3 Å². The van der Waals surface area contributed by atoms with E-state index in [-0.39, 0.29) is 35.6 Å². The number of para-hydroxylation sites is 1. The fourth-order valence-corrected chi connectivity index (χ4v) is 8.24. The van der Waals surface area contributed by atoms with Crippen LogP contribution in [-0.4, -0.2) is 54.2 Å². The lowest BCUT2D eigenvalue weighted by Crippen LogP contribution is -2.68. The summed E-state index contributed by atoms with van der Waals surface area (Å²) in [5.74, 6) is -0.931. The highest BCUT2D eigenvalue weighted by Gasteiger charge is 2.77. The average molecular weight is 522 g/mol. The molecule has 5 aliphatic rings. The number of hydrogen-bond acceptors (Lipinski definition) is 6. The number of carbonyl (C=O) groups excluding carboxylic acids is 2. The van der Waals surface area contributed by atoms with Gasteiger partial charge in [-0.05, 0) is 73.6 Å². The number of allylic oxidation sites excluding steroid dienone is 1. The Balaban J connectivity index is 1.48. The van der Waals surface area contributed by atoms with Crippen molar-refractivity contribution in [1.29, 1.82) is 0 Å². The summed E-state index contributed by atoms with van der Waals surface area (Å²) in [5.41, 5.74) is -0.928. The van der Waals surface area contributed by atoms with E-state index in [4.69, 9.17) is 14.2 Å². The molecule has 7 heteroatoms. The van der Waals surface area contributed by atoms with E-state index >= 15 is 0 Å². The van der Waals surface area contributed by atoms with Crippen LogP contribution in [0, 0.1) is 34.5 Å². The van der Waals surface area contributed by atoms with Crippen molar-refractivity contribution in [1.82, 2.24) is 0 Å². The van der Waals surface area contributed by atoms with Gasteiger partial charge >= 0.3 is 6.09 Å². The Morgan fingerprint density at radius 3 is 2.53 bits per heavy atom. The van der Waals surface area contributed by atoms with Crippen LogP contribution in [0.2, 0.25) is 0 Å². The summed E-state index contributed by atoms with van der Waals surface area (Å²) in [6.07, 6.45) is 2.21. The molecule has 1 spiro atoms. The van der Waals surface area contributed by atoms with E-state index in [2.05, 4.69) is 20.8 Å². The van der Waals surface area contributed by atoms with Gasteiger partial charge in [0.1, 0.15) is 6.10 Å². The Morgan fingerprint density at radius 1 is 1.16 bits per heavy atom. The molecule has 6 rings (SSSR count). The largest absolute Gasteiger partial charge is 0.438 e. The molecule has 1 aliphatic heterocycles. The van der Waals surface area contributed by atoms with Crippen LogP contribution < -0.4 is 4.90 Å². The second kappa shape index (κ2) is 8.03. The van der Waals surface area contributed by atoms with Gasteiger partial charge in [0, 0.05) is 18.7 Å². The molecule has 3 fully saturated rings. The number of ether oxygens (including phenoxy) is 3. The molecule has 1 amide bonds. The minimum Gasteiger partial charge on any atom is -0.438 e. The van der Waals surface area contributed by atoms with Gasteiger partial charge in [0.2, 0.25) is 0 Å². The summed E-state index contributed by atoms with van der Waals surface area (Å²) < 4.78 is 18.7. The SMILES string of the molecule is CC1=C[C@]23C(=O)[C@@H](C=C4COC(C)(C)O[C@H]4[C@]2(O)[C@H]1OC(=O)N(C)c1ccccc1)[C@H]1[C@@H](C[C@H]3C)C1(C)C. The molecular weight excluding hydrogens is 482 g/mol. The third-order valence-electron chi connectivity index (χ3n) is 10.3. The minimum absolute atomic E-state index is 0.00296. The lowest BCUT2D eigenvalue weighted by Gasteiger charge is -2.52. The summed E-state index contributed by atoms with van der Waals surface area (Å²) in [5, 5.41) is 13.1. The van der Waals surface area contributed by atoms with Crippen LogP contribution in [0.15, 0.2) is 53.6 Å². The van der Waals surface area contributed by atoms with E-state index in [0.717, 1.165) is 12.0 Å². The average Bonchev–Trinajstić information content (AvgIpc) is 3.36. The van der Waals surface area contributed by atoms with Crippen LogP contribution in [0.3, 0.4) is 0 Å². The molecule has 0 radical (unpaired) electrons. The highest BCUT2D eigenvalue weighted by molar-refractivity contribution is 5.96. The molecule has 2 saturated carbocycles. The van der Waals surface area contributed by atoms with Gasteiger partial charge in [-0.2, -0.15) is 0 Å². The maximum atomic E-state index is 14.7. The molecule has 204 valence electrons. The van der Waals surface area contributed by atoms with Crippen LogP contribution in [0.25, 0.3) is 0 Å². The second-order valence-corrected chi connectivity index (χ2v) is 13.1. The van der Waals surface area contributed by atoms with E-state index in [1.54, 1.807) is 7.05 Å². The first-order valence-electron chi connectivity index (χ1n) is 13.7. The monoisotopic (exact) mass is 521 g/mol. The zero-order valence-corrected chi connectivity index (χ0v) is 23.4. The molecule has 1 heterocycles. The number of Topliss-reactive ketones (excluding diaryl/α,β-unsaturated/α-hetero) is 1. The van der Waals surface area contributed by atoms with Crippen molar-refractivity contribution in [3.05, 3.63) is 53.6 Å². The van der Waals surface area contributed by atoms with Crippen LogP contribution >= 0.6 is 0 Å². The summed E-state index contributed by atoms with van der Waals surface area (Å²) in [6, 6.07) is 9.22. The van der Waals surface area contributed by atoms with Gasteiger partial charge in [-0.3, -0.25) is 9.69 Å². The van der Waals surface area contributed by atoms with Crippen molar-refractivity contribution in [2.75, 3.05) is 18.6 Å². The number of anilines is 1. The minimum atomic E-state index is -1.82. The third-order valence-corrected chi connectivity index (χ3v) is 10.3. The zero-order chi connectivity index (χ0) is 27.4. The number of amides is 1. The van der Waals surface area contributed by atoms with E-state index in [9.17, 15) is 14.7 Å². The Morgan fingerprint density at radius 2 is 1.84 bits per heavy atom. The van der Waals surface area contributed by atoms with Gasteiger partial charge in [-0.1, -0.05) is 51.1 Å². The summed E-state index contributed by atoms with van der Waals surface area (Å²) in [7, 11) is 1.64. The predicted octanol–water partition coefficient (Wildman–Crippen LogP) is 4.89. The van der Waals surface area contributed by atoms with Crippen molar-refractivity contribution >= 4 is 17.6 Å². The Bertz CT molecular complexity index is 1250. The highest BCUT2D eigenvalue weighted by Crippen LogP contribution is 2.72. The standard InChI is InChI=1S/C31H39NO6/c1-17-15-30-18(2)13-22-23(28(22,3)4)21(24(30)33)14-19-16-36-29(5,6)38-26(19)31(30,35)25(17)37-27(34)32(7)20-11-9-8-10-12-20/h8-12,14-15,18,21-23,25-26,35H,13,16H2,1-7H3/t18-,21+,22-,23+,25+,26-,30+,31-/m1/s1. The van der Waals surface area contributed by atoms with Gasteiger partial charge in [-0.25, -0.2) is 4.79 Å². The Kier molecular flexibility index (Phi) is 5.44. The molecule has 38 heavy (non-hydrogen) atoms. The number of ketones is 1. The van der Waals surface area contributed by atoms with E-state index < -0.39 is 35.1 Å². The fourth-order valence-electron chi connectivity index (χ4n) is 8.24. The number of carbonyl (C=O) groups is 2. The topological polar surface area (TPSA) is 85.3 Å². The first kappa shape index (κ1) is 25.8. The second-order valence-electron chi connectivity index (χ2n) is 13.1. The normalized spacial score (nSPS) is 41.8. The molecule has 1 N–H and O–H groups in total. The van der Waals surface area contributed by atoms with Crippen molar-refractivity contribution in [2.45, 2.75) is 71.6 Å². The number of rotatable bonds is 2. The van der Waals surface area contributed by atoms with Gasteiger partial charge < -0.3 is 19.3 Å². The van der Waals surface area contributed by atoms with Crippen molar-refractivity contribution < 1.29 is 28.9 Å². The number of benzene rings is 1. The molecule has 8 atom stereocenters. The first-order valence-corrected chi connectivity index (χ1v) is 13.7. The van der Waals surface area contributed by atoms with Gasteiger partial charge in [0.25, 0.3) is 0 Å². The maximum Gasteiger partial charge on any atom is 0.414 e. The Labute approximate surface area is 224 Å². The lowest BCUT2D eigenvalue weighted by molar-refractivity contribution is -0.302. The molecule has 0 unspecified atom stereocenters. The number of nitrogens with zero attached hydrogens (tertiary/aromatic N) is 1. The number of fused-ring (bicyclic) bond motifs is 5. The molecule has 7 nitrogen and oxygen atoms in total.